The van der Waals surface area contributed by atoms with Gasteiger partial charge in [0.1, 0.15) is 22.8 Å². The van der Waals surface area contributed by atoms with Gasteiger partial charge < -0.3 is 25.5 Å². The van der Waals surface area contributed by atoms with Gasteiger partial charge >= 0.3 is 11.9 Å². The highest BCUT2D eigenvalue weighted by Crippen LogP contribution is 2.42. The summed E-state index contributed by atoms with van der Waals surface area (Å²) in [6, 6.07) is 0.761. The fourth-order valence-corrected chi connectivity index (χ4v) is 1.72. The van der Waals surface area contributed by atoms with Crippen LogP contribution in [0.25, 0.3) is 0 Å². The summed E-state index contributed by atoms with van der Waals surface area (Å²) in [4.78, 5) is 21.4. The van der Waals surface area contributed by atoms with Crippen molar-refractivity contribution in [2.24, 2.45) is 0 Å². The number of rotatable bonds is 4. The molecule has 18 heavy (non-hydrogen) atoms. The van der Waals surface area contributed by atoms with E-state index in [2.05, 4.69) is 0 Å². The van der Waals surface area contributed by atoms with Crippen LogP contribution < -0.4 is 0 Å². The van der Waals surface area contributed by atoms with Crippen LogP contribution in [-0.2, 0) is 4.79 Å². The largest absolute Gasteiger partial charge is 0.507 e. The first-order chi connectivity index (χ1) is 8.25. The third kappa shape index (κ3) is 2.45. The van der Waals surface area contributed by atoms with Crippen LogP contribution in [0.3, 0.4) is 0 Å². The molecule has 0 spiro atoms. The summed E-state index contributed by atoms with van der Waals surface area (Å²) >= 11 is 0. The second-order valence-corrected chi connectivity index (χ2v) is 3.86. The van der Waals surface area contributed by atoms with E-state index in [4.69, 9.17) is 10.2 Å². The quantitative estimate of drug-likeness (QED) is 0.543. The van der Waals surface area contributed by atoms with Crippen molar-refractivity contribution < 1.29 is 35.1 Å². The Hall–Kier alpha value is -2.44. The van der Waals surface area contributed by atoms with E-state index in [1.807, 2.05) is 0 Å². The van der Waals surface area contributed by atoms with Gasteiger partial charge in [-0.25, -0.2) is 4.79 Å². The van der Waals surface area contributed by atoms with Crippen molar-refractivity contribution in [1.29, 1.82) is 0 Å². The maximum absolute atomic E-state index is 10.8. The minimum absolute atomic E-state index is 0.215. The molecule has 0 aromatic heterocycles. The molecule has 7 heteroatoms. The van der Waals surface area contributed by atoms with E-state index in [1.165, 1.54) is 6.92 Å². The Balaban J connectivity index is 3.40. The molecule has 1 unspecified atom stereocenters. The number of aromatic hydroxyl groups is 3. The molecule has 0 fully saturated rings. The van der Waals surface area contributed by atoms with E-state index in [0.29, 0.717) is 0 Å². The van der Waals surface area contributed by atoms with E-state index in [0.717, 1.165) is 6.07 Å². The van der Waals surface area contributed by atoms with Crippen LogP contribution in [0.1, 0.15) is 35.2 Å². The minimum atomic E-state index is -1.58. The van der Waals surface area contributed by atoms with Gasteiger partial charge in [0.25, 0.3) is 0 Å². The SMILES string of the molecule is CC(CC(=O)O)c1c(O)cc(O)c(C(=O)O)c1O. The van der Waals surface area contributed by atoms with E-state index >= 15 is 0 Å². The van der Waals surface area contributed by atoms with Crippen LogP contribution in [0.5, 0.6) is 17.2 Å². The molecule has 7 nitrogen and oxygen atoms in total. The van der Waals surface area contributed by atoms with Crippen LogP contribution >= 0.6 is 0 Å². The summed E-state index contributed by atoms with van der Waals surface area (Å²) in [5, 5.41) is 46.0. The first-order valence-corrected chi connectivity index (χ1v) is 4.98. The third-order valence-electron chi connectivity index (χ3n) is 2.48. The Morgan fingerprint density at radius 3 is 2.17 bits per heavy atom. The molecule has 1 atom stereocenters. The van der Waals surface area contributed by atoms with Gasteiger partial charge in [-0.1, -0.05) is 6.92 Å². The highest BCUT2D eigenvalue weighted by molar-refractivity contribution is 5.95. The number of carboxylic acids is 2. The first kappa shape index (κ1) is 13.6. The molecule has 0 aliphatic rings. The van der Waals surface area contributed by atoms with E-state index < -0.39 is 47.1 Å². The summed E-state index contributed by atoms with van der Waals surface area (Å²) in [7, 11) is 0. The molecular weight excluding hydrogens is 244 g/mol. The van der Waals surface area contributed by atoms with Gasteiger partial charge in [-0.05, 0) is 5.92 Å². The van der Waals surface area contributed by atoms with Crippen molar-refractivity contribution in [1.82, 2.24) is 0 Å². The van der Waals surface area contributed by atoms with Crippen LogP contribution in [0.2, 0.25) is 0 Å². The van der Waals surface area contributed by atoms with Crippen LogP contribution in [0, 0.1) is 0 Å². The third-order valence-corrected chi connectivity index (χ3v) is 2.48. The van der Waals surface area contributed by atoms with Crippen molar-refractivity contribution in [2.75, 3.05) is 0 Å². The number of aromatic carboxylic acids is 1. The van der Waals surface area contributed by atoms with Gasteiger partial charge in [-0.15, -0.1) is 0 Å². The van der Waals surface area contributed by atoms with Crippen molar-refractivity contribution in [3.05, 3.63) is 17.2 Å². The predicted octanol–water partition coefficient (Wildman–Crippen LogP) is 1.08. The molecule has 0 radical (unpaired) electrons. The van der Waals surface area contributed by atoms with Crippen molar-refractivity contribution in [2.45, 2.75) is 19.3 Å². The second-order valence-electron chi connectivity index (χ2n) is 3.86. The van der Waals surface area contributed by atoms with Gasteiger partial charge in [0, 0.05) is 11.6 Å². The number of hydrogen-bond acceptors (Lipinski definition) is 5. The first-order valence-electron chi connectivity index (χ1n) is 4.98. The zero-order chi connectivity index (χ0) is 14.0. The summed E-state index contributed by atoms with van der Waals surface area (Å²) in [6.07, 6.45) is -0.398. The van der Waals surface area contributed by atoms with Gasteiger partial charge in [0.2, 0.25) is 0 Å². The van der Waals surface area contributed by atoms with E-state index in [9.17, 15) is 24.9 Å². The maximum atomic E-state index is 10.8. The van der Waals surface area contributed by atoms with Gasteiger partial charge in [-0.3, -0.25) is 4.79 Å². The zero-order valence-corrected chi connectivity index (χ0v) is 9.41. The number of phenolic OH excluding ortho intramolecular Hbond substituents is 1. The monoisotopic (exact) mass is 256 g/mol. The minimum Gasteiger partial charge on any atom is -0.507 e. The van der Waals surface area contributed by atoms with Gasteiger partial charge in [0.05, 0.1) is 6.42 Å². The molecule has 1 aromatic rings. The molecular formula is C11H12O7. The molecule has 1 rings (SSSR count). The lowest BCUT2D eigenvalue weighted by molar-refractivity contribution is -0.137. The molecule has 0 heterocycles. The smallest absolute Gasteiger partial charge is 0.343 e. The number of phenols is 3. The maximum Gasteiger partial charge on any atom is 0.343 e. The lowest BCUT2D eigenvalue weighted by Gasteiger charge is -2.15. The molecule has 0 aliphatic carbocycles. The Morgan fingerprint density at radius 2 is 1.72 bits per heavy atom. The fraction of sp³-hybridized carbons (Fsp3) is 0.273. The Kier molecular flexibility index (Phi) is 3.65. The molecule has 0 saturated carbocycles. The molecule has 5 N–H and O–H groups in total. The number of hydrogen-bond donors (Lipinski definition) is 5. The van der Waals surface area contributed by atoms with Gasteiger partial charge in [-0.2, -0.15) is 0 Å². The Bertz CT molecular complexity index is 507. The highest BCUT2D eigenvalue weighted by Gasteiger charge is 2.26. The molecule has 0 saturated heterocycles. The second kappa shape index (κ2) is 4.82. The van der Waals surface area contributed by atoms with Crippen LogP contribution in [0.15, 0.2) is 6.07 Å². The Morgan fingerprint density at radius 1 is 1.17 bits per heavy atom. The molecule has 98 valence electrons. The van der Waals surface area contributed by atoms with Crippen LogP contribution in [0.4, 0.5) is 0 Å². The normalized spacial score (nSPS) is 12.1. The topological polar surface area (TPSA) is 135 Å². The number of aliphatic carboxylic acids is 1. The Labute approximate surface area is 102 Å². The predicted molar refractivity (Wildman–Crippen MR) is 59.1 cm³/mol. The lowest BCUT2D eigenvalue weighted by Crippen LogP contribution is -2.06. The van der Waals surface area contributed by atoms with E-state index in [-0.39, 0.29) is 5.56 Å². The summed E-state index contributed by atoms with van der Waals surface area (Å²) in [5.74, 6) is -5.71. The van der Waals surface area contributed by atoms with E-state index in [1.54, 1.807) is 0 Å². The summed E-state index contributed by atoms with van der Waals surface area (Å²) < 4.78 is 0. The zero-order valence-electron chi connectivity index (χ0n) is 9.41. The summed E-state index contributed by atoms with van der Waals surface area (Å²) in [6.45, 7) is 1.41. The molecule has 0 aliphatic heterocycles. The molecule has 1 aromatic carbocycles. The highest BCUT2D eigenvalue weighted by atomic mass is 16.4. The lowest BCUT2D eigenvalue weighted by atomic mass is 9.93. The fourth-order valence-electron chi connectivity index (χ4n) is 1.72. The summed E-state index contributed by atoms with van der Waals surface area (Å²) in [5.41, 5.74) is -0.979. The number of carboxylic acid groups (broad SMARTS) is 2. The average molecular weight is 256 g/mol. The van der Waals surface area contributed by atoms with Crippen molar-refractivity contribution in [3.63, 3.8) is 0 Å². The molecule has 0 bridgehead atoms. The molecule has 0 amide bonds. The number of carbonyl (C=O) groups is 2. The standard InChI is InChI=1S/C11H12O7/c1-4(2-7(14)15)8-5(12)3-6(13)9(10(8)16)11(17)18/h3-4,12-13,16H,2H2,1H3,(H,14,15)(H,17,18). The number of benzene rings is 1. The van der Waals surface area contributed by atoms with Crippen molar-refractivity contribution >= 4 is 11.9 Å². The van der Waals surface area contributed by atoms with Gasteiger partial charge in [0.15, 0.2) is 0 Å². The van der Waals surface area contributed by atoms with Crippen molar-refractivity contribution in [3.8, 4) is 17.2 Å². The average Bonchev–Trinajstić information content (AvgIpc) is 2.13. The van der Waals surface area contributed by atoms with Crippen LogP contribution in [-0.4, -0.2) is 37.5 Å².